The van der Waals surface area contributed by atoms with Crippen LogP contribution in [0.1, 0.15) is 6.42 Å². The van der Waals surface area contributed by atoms with E-state index in [2.05, 4.69) is 15.6 Å². The fourth-order valence-corrected chi connectivity index (χ4v) is 1.92. The van der Waals surface area contributed by atoms with Crippen molar-refractivity contribution in [3.05, 3.63) is 16.1 Å². The first-order chi connectivity index (χ1) is 8.58. The normalized spacial score (nSPS) is 12.3. The van der Waals surface area contributed by atoms with Crippen LogP contribution in [0.4, 0.5) is 11.6 Å². The molecule has 0 aliphatic heterocycles. The molecule has 0 spiro atoms. The number of nitrogens with zero attached hydrogens (tertiary/aromatic N) is 1. The fraction of sp³-hybridized carbons (Fsp3) is 0.545. The van der Waals surface area contributed by atoms with E-state index in [4.69, 9.17) is 27.9 Å². The van der Waals surface area contributed by atoms with E-state index in [1.165, 1.54) is 0 Å². The Morgan fingerprint density at radius 3 is 2.67 bits per heavy atom. The average Bonchev–Trinajstić information content (AvgIpc) is 2.32. The molecule has 0 radical (unpaired) electrons. The molecule has 0 fully saturated rings. The summed E-state index contributed by atoms with van der Waals surface area (Å²) in [7, 11) is 3.28. The van der Waals surface area contributed by atoms with E-state index < -0.39 is 6.10 Å². The summed E-state index contributed by atoms with van der Waals surface area (Å²) in [6, 6.07) is 1.62. The van der Waals surface area contributed by atoms with E-state index in [9.17, 15) is 5.11 Å². The van der Waals surface area contributed by atoms with Crippen molar-refractivity contribution in [3.63, 3.8) is 0 Å². The maximum atomic E-state index is 9.49. The van der Waals surface area contributed by atoms with Gasteiger partial charge in [0.15, 0.2) is 0 Å². The molecule has 0 saturated carbocycles. The molecule has 1 heterocycles. The van der Waals surface area contributed by atoms with Crippen molar-refractivity contribution in [1.82, 2.24) is 4.98 Å². The zero-order chi connectivity index (χ0) is 13.5. The molecule has 0 saturated heterocycles. The van der Waals surface area contributed by atoms with E-state index in [0.717, 1.165) is 0 Å². The van der Waals surface area contributed by atoms with Crippen molar-refractivity contribution in [2.75, 3.05) is 37.9 Å². The van der Waals surface area contributed by atoms with Crippen LogP contribution < -0.4 is 10.6 Å². The number of methoxy groups -OCH3 is 1. The van der Waals surface area contributed by atoms with Gasteiger partial charge in [0.05, 0.1) is 22.8 Å². The van der Waals surface area contributed by atoms with Crippen LogP contribution in [0.25, 0.3) is 0 Å². The van der Waals surface area contributed by atoms with Gasteiger partial charge < -0.3 is 20.5 Å². The number of anilines is 2. The average molecular weight is 294 g/mol. The number of aromatic nitrogens is 1. The summed E-state index contributed by atoms with van der Waals surface area (Å²) in [5, 5.41) is 16.3. The van der Waals surface area contributed by atoms with E-state index >= 15 is 0 Å². The summed E-state index contributed by atoms with van der Waals surface area (Å²) < 4.78 is 4.84. The van der Waals surface area contributed by atoms with Gasteiger partial charge in [0.1, 0.15) is 11.6 Å². The number of nitrogens with one attached hydrogen (secondary N) is 2. The monoisotopic (exact) mass is 293 g/mol. The molecule has 3 N–H and O–H groups in total. The van der Waals surface area contributed by atoms with E-state index in [1.807, 2.05) is 0 Å². The molecule has 0 amide bonds. The third-order valence-corrected chi connectivity index (χ3v) is 2.87. The molecular formula is C11H17Cl2N3O2. The minimum absolute atomic E-state index is 0.311. The first-order valence-electron chi connectivity index (χ1n) is 5.53. The molecule has 18 heavy (non-hydrogen) atoms. The molecule has 0 aliphatic rings. The highest BCUT2D eigenvalue weighted by molar-refractivity contribution is 6.37. The smallest absolute Gasteiger partial charge is 0.147 e. The minimum Gasteiger partial charge on any atom is -0.391 e. The molecule has 0 aromatic carbocycles. The summed E-state index contributed by atoms with van der Waals surface area (Å²) in [5.41, 5.74) is 0. The maximum absolute atomic E-state index is 9.49. The summed E-state index contributed by atoms with van der Waals surface area (Å²) in [4.78, 5) is 4.23. The number of pyridine rings is 1. The van der Waals surface area contributed by atoms with Gasteiger partial charge in [-0.05, 0) is 12.5 Å². The van der Waals surface area contributed by atoms with Crippen LogP contribution in [0.2, 0.25) is 10.0 Å². The third-order valence-electron chi connectivity index (χ3n) is 2.30. The number of ether oxygens (including phenoxy) is 1. The van der Waals surface area contributed by atoms with Gasteiger partial charge in [-0.2, -0.15) is 0 Å². The number of halogens is 2. The van der Waals surface area contributed by atoms with Crippen molar-refractivity contribution in [1.29, 1.82) is 0 Å². The lowest BCUT2D eigenvalue weighted by Crippen LogP contribution is -2.18. The quantitative estimate of drug-likeness (QED) is 0.719. The molecule has 7 heteroatoms. The highest BCUT2D eigenvalue weighted by Crippen LogP contribution is 2.28. The van der Waals surface area contributed by atoms with Crippen molar-refractivity contribution >= 4 is 34.8 Å². The first kappa shape index (κ1) is 15.3. The van der Waals surface area contributed by atoms with Gasteiger partial charge in [0, 0.05) is 20.7 Å². The van der Waals surface area contributed by atoms with Crippen LogP contribution in [-0.4, -0.2) is 43.5 Å². The Kier molecular flexibility index (Phi) is 6.49. The molecule has 1 rings (SSSR count). The number of hydrogen-bond acceptors (Lipinski definition) is 5. The van der Waals surface area contributed by atoms with Crippen molar-refractivity contribution < 1.29 is 9.84 Å². The van der Waals surface area contributed by atoms with Gasteiger partial charge in [0.25, 0.3) is 0 Å². The van der Waals surface area contributed by atoms with Gasteiger partial charge in [-0.15, -0.1) is 0 Å². The Morgan fingerprint density at radius 2 is 2.06 bits per heavy atom. The number of aliphatic hydroxyl groups excluding tert-OH is 1. The summed E-state index contributed by atoms with van der Waals surface area (Å²) in [6.07, 6.45) is 0.0425. The Labute approximate surface area is 116 Å². The molecule has 1 atom stereocenters. The number of aliphatic hydroxyl groups is 1. The van der Waals surface area contributed by atoms with E-state index in [0.29, 0.717) is 41.3 Å². The second kappa shape index (κ2) is 7.63. The summed E-state index contributed by atoms with van der Waals surface area (Å²) >= 11 is 11.9. The molecule has 1 aromatic rings. The highest BCUT2D eigenvalue weighted by atomic mass is 35.5. The molecule has 0 bridgehead atoms. The Hall–Kier alpha value is -0.750. The molecule has 5 nitrogen and oxygen atoms in total. The predicted octanol–water partition coefficient (Wildman–Crippen LogP) is 2.24. The predicted molar refractivity (Wildman–Crippen MR) is 74.8 cm³/mol. The van der Waals surface area contributed by atoms with E-state index in [-0.39, 0.29) is 0 Å². The van der Waals surface area contributed by atoms with Crippen LogP contribution in [-0.2, 0) is 4.74 Å². The standard InChI is InChI=1S/C11H17Cl2N3O2/c1-14-10-8(12)5-9(13)11(16-10)15-4-3-7(17)6-18-2/h5,7,17H,3-4,6H2,1-2H3,(H2,14,15,16). The van der Waals surface area contributed by atoms with Gasteiger partial charge >= 0.3 is 0 Å². The summed E-state index contributed by atoms with van der Waals surface area (Å²) in [5.74, 6) is 1.09. The summed E-state index contributed by atoms with van der Waals surface area (Å²) in [6.45, 7) is 0.854. The van der Waals surface area contributed by atoms with Gasteiger partial charge in [-0.3, -0.25) is 0 Å². The third kappa shape index (κ3) is 4.49. The molecule has 0 aliphatic carbocycles. The van der Waals surface area contributed by atoms with Crippen molar-refractivity contribution in [2.24, 2.45) is 0 Å². The van der Waals surface area contributed by atoms with Crippen LogP contribution in [0.15, 0.2) is 6.07 Å². The SMILES string of the molecule is CNc1nc(NCCC(O)COC)c(Cl)cc1Cl. The Morgan fingerprint density at radius 1 is 1.39 bits per heavy atom. The molecular weight excluding hydrogens is 277 g/mol. The van der Waals surface area contributed by atoms with Gasteiger partial charge in [-0.25, -0.2) is 4.98 Å². The first-order valence-corrected chi connectivity index (χ1v) is 6.28. The lowest BCUT2D eigenvalue weighted by atomic mass is 10.2. The second-order valence-electron chi connectivity index (χ2n) is 3.72. The van der Waals surface area contributed by atoms with Crippen LogP contribution in [0.5, 0.6) is 0 Å². The van der Waals surface area contributed by atoms with E-state index in [1.54, 1.807) is 20.2 Å². The van der Waals surface area contributed by atoms with Crippen LogP contribution in [0, 0.1) is 0 Å². The van der Waals surface area contributed by atoms with Crippen molar-refractivity contribution in [2.45, 2.75) is 12.5 Å². The van der Waals surface area contributed by atoms with Crippen LogP contribution in [0.3, 0.4) is 0 Å². The van der Waals surface area contributed by atoms with Crippen molar-refractivity contribution in [3.8, 4) is 0 Å². The van der Waals surface area contributed by atoms with Gasteiger partial charge in [0.2, 0.25) is 0 Å². The molecule has 1 aromatic heterocycles. The minimum atomic E-state index is -0.502. The number of hydrogen-bond donors (Lipinski definition) is 3. The zero-order valence-electron chi connectivity index (χ0n) is 10.3. The lowest BCUT2D eigenvalue weighted by Gasteiger charge is -2.13. The largest absolute Gasteiger partial charge is 0.391 e. The zero-order valence-corrected chi connectivity index (χ0v) is 11.8. The number of rotatable bonds is 7. The maximum Gasteiger partial charge on any atom is 0.147 e. The Balaban J connectivity index is 2.56. The highest BCUT2D eigenvalue weighted by Gasteiger charge is 2.09. The second-order valence-corrected chi connectivity index (χ2v) is 4.54. The fourth-order valence-electron chi connectivity index (χ4n) is 1.40. The van der Waals surface area contributed by atoms with Crippen LogP contribution >= 0.6 is 23.2 Å². The topological polar surface area (TPSA) is 66.4 Å². The Bertz CT molecular complexity index is 391. The lowest BCUT2D eigenvalue weighted by molar-refractivity contribution is 0.0615. The van der Waals surface area contributed by atoms with Gasteiger partial charge in [-0.1, -0.05) is 23.2 Å². The molecule has 1 unspecified atom stereocenters. The molecule has 102 valence electrons.